The highest BCUT2D eigenvalue weighted by Gasteiger charge is 2.22. The zero-order valence-electron chi connectivity index (χ0n) is 15.5. The number of aliphatic hydroxyl groups is 1. The van der Waals surface area contributed by atoms with E-state index in [-0.39, 0.29) is 12.0 Å². The molecule has 1 atom stereocenters. The lowest BCUT2D eigenvalue weighted by Crippen LogP contribution is -2.31. The number of nitrogens with zero attached hydrogens (tertiary/aromatic N) is 1. The van der Waals surface area contributed by atoms with Crippen molar-refractivity contribution in [2.24, 2.45) is 5.41 Å². The van der Waals surface area contributed by atoms with Crippen molar-refractivity contribution in [3.63, 3.8) is 0 Å². The van der Waals surface area contributed by atoms with Crippen LogP contribution in [0.15, 0.2) is 60.8 Å². The van der Waals surface area contributed by atoms with Crippen molar-refractivity contribution < 1.29 is 14.6 Å². The molecule has 0 aliphatic rings. The molecule has 1 unspecified atom stereocenters. The van der Waals surface area contributed by atoms with Crippen molar-refractivity contribution >= 4 is 10.9 Å². The normalized spacial score (nSPS) is 12.8. The average molecular weight is 351 g/mol. The first-order valence-electron chi connectivity index (χ1n) is 8.80. The molecule has 136 valence electrons. The second kappa shape index (κ2) is 7.75. The zero-order valence-corrected chi connectivity index (χ0v) is 15.5. The van der Waals surface area contributed by atoms with Gasteiger partial charge in [-0.3, -0.25) is 4.98 Å². The van der Waals surface area contributed by atoms with Gasteiger partial charge in [0.05, 0.1) is 6.10 Å². The molecular weight excluding hydrogens is 326 g/mol. The quantitative estimate of drug-likeness (QED) is 0.705. The highest BCUT2D eigenvalue weighted by atomic mass is 16.5. The summed E-state index contributed by atoms with van der Waals surface area (Å²) in [5, 5.41) is 11.2. The number of para-hydroxylation sites is 1. The van der Waals surface area contributed by atoms with Crippen LogP contribution in [0.25, 0.3) is 10.9 Å². The first kappa shape index (κ1) is 18.2. The Morgan fingerprint density at radius 1 is 1.00 bits per heavy atom. The van der Waals surface area contributed by atoms with E-state index in [9.17, 15) is 5.11 Å². The Morgan fingerprint density at radius 2 is 1.77 bits per heavy atom. The lowest BCUT2D eigenvalue weighted by Gasteiger charge is -2.25. The Hall–Kier alpha value is -2.59. The number of hydrogen-bond donors (Lipinski definition) is 1. The smallest absolute Gasteiger partial charge is 0.146 e. The second-order valence-electron chi connectivity index (χ2n) is 7.46. The Bertz CT molecular complexity index is 865. The molecule has 3 rings (SSSR count). The Balaban J connectivity index is 1.65. The minimum Gasteiger partial charge on any atom is -0.491 e. The van der Waals surface area contributed by atoms with Crippen LogP contribution >= 0.6 is 0 Å². The molecule has 0 saturated heterocycles. The minimum atomic E-state index is -0.524. The molecule has 0 aliphatic heterocycles. The Labute approximate surface area is 154 Å². The van der Waals surface area contributed by atoms with Crippen LogP contribution in [0.4, 0.5) is 0 Å². The van der Waals surface area contributed by atoms with Crippen LogP contribution in [0.5, 0.6) is 11.5 Å². The van der Waals surface area contributed by atoms with Crippen molar-refractivity contribution in [1.82, 2.24) is 4.98 Å². The first-order valence-corrected chi connectivity index (χ1v) is 8.80. The summed E-state index contributed by atoms with van der Waals surface area (Å²) in [6.07, 6.45) is 1.24. The predicted octanol–water partition coefficient (Wildman–Crippen LogP) is 4.60. The summed E-state index contributed by atoms with van der Waals surface area (Å²) < 4.78 is 11.7. The van der Waals surface area contributed by atoms with Crippen molar-refractivity contribution in [3.05, 3.63) is 66.4 Å². The molecule has 4 heteroatoms. The van der Waals surface area contributed by atoms with Gasteiger partial charge in [-0.2, -0.15) is 0 Å². The molecule has 0 fully saturated rings. The fourth-order valence-electron chi connectivity index (χ4n) is 2.50. The summed E-state index contributed by atoms with van der Waals surface area (Å²) in [4.78, 5) is 4.41. The number of aromatic nitrogens is 1. The third-order valence-corrected chi connectivity index (χ3v) is 4.30. The maximum absolute atomic E-state index is 10.1. The molecule has 0 spiro atoms. The van der Waals surface area contributed by atoms with Crippen LogP contribution < -0.4 is 9.47 Å². The first-order chi connectivity index (χ1) is 12.4. The topological polar surface area (TPSA) is 51.6 Å². The molecule has 1 aromatic heterocycles. The average Bonchev–Trinajstić information content (AvgIpc) is 2.64. The highest BCUT2D eigenvalue weighted by Crippen LogP contribution is 2.25. The number of benzene rings is 2. The van der Waals surface area contributed by atoms with E-state index in [2.05, 4.69) is 4.98 Å². The molecule has 0 saturated carbocycles. The van der Waals surface area contributed by atoms with Gasteiger partial charge in [-0.05, 0) is 35.2 Å². The largest absolute Gasteiger partial charge is 0.491 e. The number of hydrogen-bond acceptors (Lipinski definition) is 4. The third kappa shape index (κ3) is 4.52. The summed E-state index contributed by atoms with van der Waals surface area (Å²) >= 11 is 0. The van der Waals surface area contributed by atoms with Crippen LogP contribution in [-0.4, -0.2) is 22.8 Å². The van der Waals surface area contributed by atoms with E-state index < -0.39 is 6.10 Å². The van der Waals surface area contributed by atoms with Gasteiger partial charge in [0.25, 0.3) is 0 Å². The van der Waals surface area contributed by atoms with E-state index in [1.165, 1.54) is 0 Å². The van der Waals surface area contributed by atoms with Crippen molar-refractivity contribution in [1.29, 1.82) is 0 Å². The van der Waals surface area contributed by atoms with Crippen LogP contribution in [0.1, 0.15) is 26.3 Å². The van der Waals surface area contributed by atoms with Gasteiger partial charge in [0, 0.05) is 11.6 Å². The van der Waals surface area contributed by atoms with Crippen LogP contribution in [0, 0.1) is 5.41 Å². The van der Waals surface area contributed by atoms with Crippen molar-refractivity contribution in [2.75, 3.05) is 6.61 Å². The lowest BCUT2D eigenvalue weighted by molar-refractivity contribution is 0.0218. The van der Waals surface area contributed by atoms with E-state index in [0.29, 0.717) is 6.61 Å². The summed E-state index contributed by atoms with van der Waals surface area (Å²) in [5.74, 6) is 1.49. The maximum atomic E-state index is 10.1. The molecule has 0 radical (unpaired) electrons. The second-order valence-corrected chi connectivity index (χ2v) is 7.46. The molecular formula is C22H25NO3. The molecule has 26 heavy (non-hydrogen) atoms. The van der Waals surface area contributed by atoms with E-state index in [1.54, 1.807) is 6.20 Å². The summed E-state index contributed by atoms with van der Waals surface area (Å²) in [5.41, 5.74) is 1.65. The number of rotatable bonds is 6. The highest BCUT2D eigenvalue weighted by molar-refractivity contribution is 5.84. The summed E-state index contributed by atoms with van der Waals surface area (Å²) in [6.45, 7) is 6.66. The van der Waals surface area contributed by atoms with Gasteiger partial charge in [-0.25, -0.2) is 0 Å². The fraction of sp³-hybridized carbons (Fsp3) is 0.318. The van der Waals surface area contributed by atoms with Gasteiger partial charge in [0.2, 0.25) is 0 Å². The van der Waals surface area contributed by atoms with Gasteiger partial charge < -0.3 is 14.6 Å². The summed E-state index contributed by atoms with van der Waals surface area (Å²) in [7, 11) is 0. The van der Waals surface area contributed by atoms with Gasteiger partial charge in [-0.1, -0.05) is 51.1 Å². The van der Waals surface area contributed by atoms with Crippen LogP contribution in [0.2, 0.25) is 0 Å². The molecule has 0 amide bonds. The van der Waals surface area contributed by atoms with Gasteiger partial charge in [0.1, 0.15) is 30.2 Å². The van der Waals surface area contributed by atoms with E-state index in [4.69, 9.17) is 9.47 Å². The summed E-state index contributed by atoms with van der Waals surface area (Å²) in [6, 6.07) is 17.6. The number of aliphatic hydroxyl groups excluding tert-OH is 1. The molecule has 0 bridgehead atoms. The standard InChI is InChI=1S/C22H25NO3/c1-22(2,3)20(24)15-25-18-10-4-7-16(13-18)14-26-19-11-5-8-17-9-6-12-23-21(17)19/h4-13,20,24H,14-15H2,1-3H3. The minimum absolute atomic E-state index is 0.206. The molecule has 1 N–H and O–H groups in total. The van der Waals surface area contributed by atoms with Crippen molar-refractivity contribution in [3.8, 4) is 11.5 Å². The van der Waals surface area contributed by atoms with Crippen LogP contribution in [-0.2, 0) is 6.61 Å². The third-order valence-electron chi connectivity index (χ3n) is 4.30. The molecule has 1 heterocycles. The number of fused-ring (bicyclic) bond motifs is 1. The molecule has 2 aromatic carbocycles. The Kier molecular flexibility index (Phi) is 5.43. The SMILES string of the molecule is CC(C)(C)C(O)COc1cccc(COc2cccc3cccnc23)c1. The number of ether oxygens (including phenoxy) is 2. The maximum Gasteiger partial charge on any atom is 0.146 e. The van der Waals surface area contributed by atoms with Crippen LogP contribution in [0.3, 0.4) is 0 Å². The van der Waals surface area contributed by atoms with Gasteiger partial charge in [-0.15, -0.1) is 0 Å². The molecule has 4 nitrogen and oxygen atoms in total. The predicted molar refractivity (Wildman–Crippen MR) is 103 cm³/mol. The monoisotopic (exact) mass is 351 g/mol. The van der Waals surface area contributed by atoms with E-state index in [1.807, 2.05) is 75.4 Å². The van der Waals surface area contributed by atoms with E-state index >= 15 is 0 Å². The fourth-order valence-corrected chi connectivity index (χ4v) is 2.50. The molecule has 3 aromatic rings. The molecule has 0 aliphatic carbocycles. The number of pyridine rings is 1. The Morgan fingerprint density at radius 3 is 2.58 bits per heavy atom. The van der Waals surface area contributed by atoms with E-state index in [0.717, 1.165) is 28.0 Å². The lowest BCUT2D eigenvalue weighted by atomic mass is 9.90. The van der Waals surface area contributed by atoms with Gasteiger partial charge in [0.15, 0.2) is 0 Å². The van der Waals surface area contributed by atoms with Crippen molar-refractivity contribution in [2.45, 2.75) is 33.5 Å². The zero-order chi connectivity index (χ0) is 18.6. The van der Waals surface area contributed by atoms with Gasteiger partial charge >= 0.3 is 0 Å².